The summed E-state index contributed by atoms with van der Waals surface area (Å²) < 4.78 is 5.89. The monoisotopic (exact) mass is 448 g/mol. The summed E-state index contributed by atoms with van der Waals surface area (Å²) in [5.41, 5.74) is 3.29. The summed E-state index contributed by atoms with van der Waals surface area (Å²) in [6, 6.07) is 8.75. The minimum atomic E-state index is -1.25. The normalized spacial score (nSPS) is 15.7. The summed E-state index contributed by atoms with van der Waals surface area (Å²) in [7, 11) is 1.71. The molecule has 2 aromatic heterocycles. The first-order chi connectivity index (χ1) is 15.8. The van der Waals surface area contributed by atoms with E-state index in [4.69, 9.17) is 9.52 Å². The minimum Gasteiger partial charge on any atom is -0.465 e. The standard InChI is InChI=1S/C24H24N4O5/c1-14-17-5-3-4-6-19(17)33-20(14)13-28(2)21(29)10-7-15-11-16-8-9-18(26-24(31)32)23(30)27-22(16)25-12-15/h3-7,10-12,18,26H,8-9,13H2,1-2H3,(H,31,32)(H,25,27,30)/b10-7+/t18-/m0/s1. The number of nitrogens with zero attached hydrogens (tertiary/aromatic N) is 2. The number of para-hydroxylation sites is 1. The van der Waals surface area contributed by atoms with Gasteiger partial charge in [-0.2, -0.15) is 0 Å². The predicted octanol–water partition coefficient (Wildman–Crippen LogP) is 3.33. The van der Waals surface area contributed by atoms with Crippen molar-refractivity contribution in [1.82, 2.24) is 15.2 Å². The molecule has 3 heterocycles. The van der Waals surface area contributed by atoms with Crippen molar-refractivity contribution < 1.29 is 23.9 Å². The number of likely N-dealkylation sites (N-methyl/N-ethyl adjacent to an activating group) is 1. The minimum absolute atomic E-state index is 0.191. The van der Waals surface area contributed by atoms with E-state index < -0.39 is 18.0 Å². The predicted molar refractivity (Wildman–Crippen MR) is 123 cm³/mol. The van der Waals surface area contributed by atoms with E-state index in [2.05, 4.69) is 15.6 Å². The van der Waals surface area contributed by atoms with Gasteiger partial charge in [-0.1, -0.05) is 18.2 Å². The molecule has 3 N–H and O–H groups in total. The Hall–Kier alpha value is -4.14. The lowest BCUT2D eigenvalue weighted by atomic mass is 10.1. The molecule has 1 atom stereocenters. The number of pyridine rings is 1. The van der Waals surface area contributed by atoms with Crippen LogP contribution in [-0.2, 0) is 22.6 Å². The SMILES string of the molecule is Cc1c(CN(C)C(=O)/C=C/c2cnc3c(c2)CC[C@H](NC(=O)O)C(=O)N3)oc2ccccc12. The van der Waals surface area contributed by atoms with Gasteiger partial charge >= 0.3 is 6.09 Å². The molecule has 3 amide bonds. The van der Waals surface area contributed by atoms with Crippen LogP contribution in [0.2, 0.25) is 0 Å². The third-order valence-corrected chi connectivity index (χ3v) is 5.66. The number of furan rings is 1. The van der Waals surface area contributed by atoms with Gasteiger partial charge in [0, 0.05) is 30.3 Å². The molecule has 0 unspecified atom stereocenters. The molecule has 170 valence electrons. The van der Waals surface area contributed by atoms with Crippen LogP contribution < -0.4 is 10.6 Å². The number of carbonyl (C=O) groups is 3. The van der Waals surface area contributed by atoms with Crippen LogP contribution in [0.15, 0.2) is 47.0 Å². The van der Waals surface area contributed by atoms with E-state index in [1.165, 1.54) is 6.08 Å². The highest BCUT2D eigenvalue weighted by Crippen LogP contribution is 2.26. The molecule has 0 bridgehead atoms. The van der Waals surface area contributed by atoms with Crippen LogP contribution in [0.3, 0.4) is 0 Å². The third kappa shape index (κ3) is 4.87. The summed E-state index contributed by atoms with van der Waals surface area (Å²) in [5.74, 6) is 0.511. The van der Waals surface area contributed by atoms with Gasteiger partial charge in [-0.05, 0) is 49.1 Å². The van der Waals surface area contributed by atoms with Gasteiger partial charge in [0.15, 0.2) is 0 Å². The van der Waals surface area contributed by atoms with E-state index >= 15 is 0 Å². The number of benzene rings is 1. The lowest BCUT2D eigenvalue weighted by Crippen LogP contribution is -2.42. The molecular weight excluding hydrogens is 424 g/mol. The van der Waals surface area contributed by atoms with Crippen LogP contribution in [0.5, 0.6) is 0 Å². The van der Waals surface area contributed by atoms with Gasteiger partial charge in [0.25, 0.3) is 0 Å². The number of carbonyl (C=O) groups excluding carboxylic acids is 2. The summed E-state index contributed by atoms with van der Waals surface area (Å²) in [6.45, 7) is 2.32. The van der Waals surface area contributed by atoms with Crippen LogP contribution in [-0.4, -0.2) is 46.0 Å². The lowest BCUT2D eigenvalue weighted by molar-refractivity contribution is -0.125. The molecule has 0 spiro atoms. The van der Waals surface area contributed by atoms with Gasteiger partial charge in [0.1, 0.15) is 23.2 Å². The third-order valence-electron chi connectivity index (χ3n) is 5.66. The fourth-order valence-corrected chi connectivity index (χ4v) is 3.81. The van der Waals surface area contributed by atoms with Crippen molar-refractivity contribution in [3.05, 3.63) is 65.1 Å². The fourth-order valence-electron chi connectivity index (χ4n) is 3.81. The van der Waals surface area contributed by atoms with E-state index in [0.29, 0.717) is 30.8 Å². The molecule has 9 heteroatoms. The average molecular weight is 448 g/mol. The van der Waals surface area contributed by atoms with E-state index in [0.717, 1.165) is 27.9 Å². The number of rotatable bonds is 5. The van der Waals surface area contributed by atoms with Crippen molar-refractivity contribution >= 4 is 40.8 Å². The summed E-state index contributed by atoms with van der Waals surface area (Å²) >= 11 is 0. The molecule has 3 aromatic rings. The second kappa shape index (κ2) is 9.15. The first-order valence-electron chi connectivity index (χ1n) is 10.5. The number of fused-ring (bicyclic) bond motifs is 2. The summed E-state index contributed by atoms with van der Waals surface area (Å²) in [4.78, 5) is 41.5. The number of amides is 3. The van der Waals surface area contributed by atoms with Crippen molar-refractivity contribution in [3.63, 3.8) is 0 Å². The topological polar surface area (TPSA) is 125 Å². The van der Waals surface area contributed by atoms with Crippen molar-refractivity contribution in [1.29, 1.82) is 0 Å². The van der Waals surface area contributed by atoms with Crippen molar-refractivity contribution in [2.45, 2.75) is 32.4 Å². The highest BCUT2D eigenvalue weighted by atomic mass is 16.4. The molecule has 1 aliphatic heterocycles. The van der Waals surface area contributed by atoms with Crippen molar-refractivity contribution in [2.75, 3.05) is 12.4 Å². The number of aromatic nitrogens is 1. The number of nitrogens with one attached hydrogen (secondary N) is 2. The van der Waals surface area contributed by atoms with Gasteiger partial charge in [-0.15, -0.1) is 0 Å². The van der Waals surface area contributed by atoms with E-state index in [-0.39, 0.29) is 5.91 Å². The Bertz CT molecular complexity index is 1260. The van der Waals surface area contributed by atoms with Crippen LogP contribution in [0.25, 0.3) is 17.0 Å². The Morgan fingerprint density at radius 2 is 2.15 bits per heavy atom. The average Bonchev–Trinajstić information content (AvgIpc) is 3.01. The van der Waals surface area contributed by atoms with Crippen molar-refractivity contribution in [2.24, 2.45) is 0 Å². The zero-order valence-electron chi connectivity index (χ0n) is 18.3. The Labute approximate surface area is 190 Å². The van der Waals surface area contributed by atoms with Crippen LogP contribution in [0.1, 0.15) is 28.9 Å². The molecular formula is C24H24N4O5. The van der Waals surface area contributed by atoms with Crippen LogP contribution >= 0.6 is 0 Å². The molecule has 0 fully saturated rings. The Balaban J connectivity index is 1.43. The summed E-state index contributed by atoms with van der Waals surface area (Å²) in [5, 5.41) is 14.8. The Kier molecular flexibility index (Phi) is 6.12. The molecule has 4 rings (SSSR count). The van der Waals surface area contributed by atoms with Gasteiger partial charge in [-0.25, -0.2) is 9.78 Å². The molecule has 33 heavy (non-hydrogen) atoms. The number of aryl methyl sites for hydroxylation is 2. The smallest absolute Gasteiger partial charge is 0.405 e. The number of anilines is 1. The van der Waals surface area contributed by atoms with E-state index in [1.807, 2.05) is 37.3 Å². The zero-order valence-corrected chi connectivity index (χ0v) is 18.3. The van der Waals surface area contributed by atoms with Gasteiger partial charge in [0.05, 0.1) is 6.54 Å². The van der Waals surface area contributed by atoms with E-state index in [1.54, 1.807) is 24.2 Å². The zero-order chi connectivity index (χ0) is 23.5. The molecule has 0 aliphatic carbocycles. The first-order valence-corrected chi connectivity index (χ1v) is 10.5. The maximum absolute atomic E-state index is 12.6. The second-order valence-electron chi connectivity index (χ2n) is 7.98. The van der Waals surface area contributed by atoms with Gasteiger partial charge in [-0.3, -0.25) is 9.59 Å². The maximum Gasteiger partial charge on any atom is 0.405 e. The van der Waals surface area contributed by atoms with Gasteiger partial charge in [0.2, 0.25) is 11.8 Å². The first kappa shape index (κ1) is 22.1. The quantitative estimate of drug-likeness (QED) is 0.514. The molecule has 0 saturated carbocycles. The van der Waals surface area contributed by atoms with E-state index in [9.17, 15) is 14.4 Å². The van der Waals surface area contributed by atoms with Gasteiger partial charge < -0.3 is 25.1 Å². The Morgan fingerprint density at radius 1 is 1.36 bits per heavy atom. The number of hydrogen-bond donors (Lipinski definition) is 3. The molecule has 9 nitrogen and oxygen atoms in total. The second-order valence-corrected chi connectivity index (χ2v) is 7.98. The maximum atomic E-state index is 12.6. The number of carboxylic acid groups (broad SMARTS) is 1. The van der Waals surface area contributed by atoms with Crippen LogP contribution in [0.4, 0.5) is 10.6 Å². The molecule has 0 radical (unpaired) electrons. The Morgan fingerprint density at radius 3 is 2.91 bits per heavy atom. The fraction of sp³-hybridized carbons (Fsp3) is 0.250. The molecule has 0 saturated heterocycles. The largest absolute Gasteiger partial charge is 0.465 e. The number of hydrogen-bond acceptors (Lipinski definition) is 5. The molecule has 1 aliphatic rings. The lowest BCUT2D eigenvalue weighted by Gasteiger charge is -2.14. The van der Waals surface area contributed by atoms with Crippen molar-refractivity contribution in [3.8, 4) is 0 Å². The highest BCUT2D eigenvalue weighted by molar-refractivity contribution is 5.97. The highest BCUT2D eigenvalue weighted by Gasteiger charge is 2.25. The summed E-state index contributed by atoms with van der Waals surface area (Å²) in [6.07, 6.45) is 4.21. The van der Waals surface area contributed by atoms with Crippen LogP contribution in [0, 0.1) is 6.92 Å². The molecule has 1 aromatic carbocycles.